The number of nitrogens with two attached hydrogens (primary N) is 1. The van der Waals surface area contributed by atoms with Gasteiger partial charge in [0.25, 0.3) is 5.91 Å². The largest absolute Gasteiger partial charge is 0.510 e. The van der Waals surface area contributed by atoms with Gasteiger partial charge in [0.15, 0.2) is 11.4 Å². The van der Waals surface area contributed by atoms with Crippen molar-refractivity contribution in [2.75, 3.05) is 41.3 Å². The minimum absolute atomic E-state index is 0.0104. The predicted molar refractivity (Wildman–Crippen MR) is 145 cm³/mol. The maximum Gasteiger partial charge on any atom is 0.255 e. The van der Waals surface area contributed by atoms with Crippen molar-refractivity contribution in [3.8, 4) is 5.75 Å². The first kappa shape index (κ1) is 29.2. The Morgan fingerprint density at radius 2 is 1.85 bits per heavy atom. The number of likely N-dealkylation sites (N-methyl/N-ethyl adjacent to an activating group) is 1. The quantitative estimate of drug-likeness (QED) is 0.174. The van der Waals surface area contributed by atoms with Gasteiger partial charge in [0, 0.05) is 30.0 Å². The number of phenolic OH excluding ortho intramolecular Hbond substituents is 1. The van der Waals surface area contributed by atoms with E-state index in [1.807, 2.05) is 19.0 Å². The normalized spacial score (nSPS) is 26.7. The van der Waals surface area contributed by atoms with Crippen molar-refractivity contribution in [1.29, 1.82) is 0 Å². The Balaban J connectivity index is 1.91. The second-order valence-corrected chi connectivity index (χ2v) is 11.0. The average molecular weight is 557 g/mol. The van der Waals surface area contributed by atoms with Crippen LogP contribution < -0.4 is 5.73 Å². The molecule has 0 saturated heterocycles. The zero-order chi connectivity index (χ0) is 29.7. The fraction of sp³-hybridized carbons (Fsp3) is 0.500. The summed E-state index contributed by atoms with van der Waals surface area (Å²) in [5.41, 5.74) is 3.29. The number of ketones is 2. The van der Waals surface area contributed by atoms with E-state index in [1.165, 1.54) is 11.0 Å². The van der Waals surface area contributed by atoms with Crippen LogP contribution in [-0.2, 0) is 20.8 Å². The van der Waals surface area contributed by atoms with Crippen molar-refractivity contribution in [3.63, 3.8) is 0 Å². The molecule has 1 aromatic carbocycles. The fourth-order valence-electron chi connectivity index (χ4n) is 6.22. The van der Waals surface area contributed by atoms with Gasteiger partial charge in [-0.25, -0.2) is 0 Å². The van der Waals surface area contributed by atoms with Crippen molar-refractivity contribution >= 4 is 23.2 Å². The molecule has 12 nitrogen and oxygen atoms in total. The van der Waals surface area contributed by atoms with E-state index in [9.17, 15) is 34.8 Å². The number of aliphatic hydroxyl groups excluding tert-OH is 2. The number of hydrogen-bond donors (Lipinski definition) is 5. The van der Waals surface area contributed by atoms with Gasteiger partial charge in [-0.15, -0.1) is 0 Å². The van der Waals surface area contributed by atoms with E-state index in [1.54, 1.807) is 27.1 Å². The number of primary amides is 1. The summed E-state index contributed by atoms with van der Waals surface area (Å²) in [6, 6.07) is 1.98. The van der Waals surface area contributed by atoms with Crippen LogP contribution in [0.1, 0.15) is 41.3 Å². The Kier molecular flexibility index (Phi) is 7.81. The first-order chi connectivity index (χ1) is 18.8. The fourth-order valence-corrected chi connectivity index (χ4v) is 6.22. The molecule has 0 unspecified atom stereocenters. The third-order valence-electron chi connectivity index (χ3n) is 8.02. The zero-order valence-electron chi connectivity index (χ0n) is 23.3. The van der Waals surface area contributed by atoms with Crippen LogP contribution >= 0.6 is 0 Å². The Bertz CT molecular complexity index is 1360. The van der Waals surface area contributed by atoms with E-state index in [0.717, 1.165) is 0 Å². The van der Waals surface area contributed by atoms with Gasteiger partial charge in [0.1, 0.15) is 29.4 Å². The summed E-state index contributed by atoms with van der Waals surface area (Å²) in [6.07, 6.45) is 0.674. The molecule has 3 aliphatic carbocycles. The Labute approximate surface area is 232 Å². The number of rotatable bonds is 8. The van der Waals surface area contributed by atoms with Crippen molar-refractivity contribution in [2.45, 2.75) is 37.8 Å². The lowest BCUT2D eigenvalue weighted by molar-refractivity contribution is -0.148. The third-order valence-corrected chi connectivity index (χ3v) is 8.02. The average Bonchev–Trinajstić information content (AvgIpc) is 2.86. The lowest BCUT2D eigenvalue weighted by Crippen LogP contribution is -2.63. The van der Waals surface area contributed by atoms with Gasteiger partial charge in [0.2, 0.25) is 5.78 Å². The number of benzene rings is 1. The number of nitrogens with zero attached hydrogens (tertiary/aromatic N) is 3. The maximum atomic E-state index is 13.9. The van der Waals surface area contributed by atoms with Crippen LogP contribution in [0.3, 0.4) is 0 Å². The molecular formula is C28H36N4O8. The molecule has 216 valence electrons. The van der Waals surface area contributed by atoms with Gasteiger partial charge < -0.3 is 35.9 Å². The van der Waals surface area contributed by atoms with E-state index in [-0.39, 0.29) is 29.7 Å². The maximum absolute atomic E-state index is 13.9. The zero-order valence-corrected chi connectivity index (χ0v) is 23.3. The summed E-state index contributed by atoms with van der Waals surface area (Å²) in [4.78, 5) is 48.3. The number of allylic oxidation sites excluding steroid dienone is 1. The van der Waals surface area contributed by atoms with Gasteiger partial charge in [-0.1, -0.05) is 5.16 Å². The second-order valence-electron chi connectivity index (χ2n) is 11.0. The van der Waals surface area contributed by atoms with Gasteiger partial charge in [-0.3, -0.25) is 19.3 Å². The van der Waals surface area contributed by atoms with Crippen LogP contribution in [0, 0.1) is 11.8 Å². The lowest BCUT2D eigenvalue weighted by atomic mass is 9.58. The van der Waals surface area contributed by atoms with Gasteiger partial charge in [-0.2, -0.15) is 0 Å². The van der Waals surface area contributed by atoms with Crippen LogP contribution in [0.4, 0.5) is 0 Å². The Morgan fingerprint density at radius 3 is 2.42 bits per heavy atom. The van der Waals surface area contributed by atoms with Crippen molar-refractivity contribution < 1.29 is 39.6 Å². The number of oxime groups is 1. The topological polar surface area (TPSA) is 186 Å². The number of aromatic hydroxyl groups is 1. The Morgan fingerprint density at radius 1 is 1.18 bits per heavy atom. The van der Waals surface area contributed by atoms with Gasteiger partial charge in [-0.05, 0) is 71.6 Å². The Hall–Kier alpha value is -3.74. The smallest absolute Gasteiger partial charge is 0.255 e. The molecule has 3 aliphatic rings. The lowest BCUT2D eigenvalue weighted by Gasteiger charge is -2.50. The van der Waals surface area contributed by atoms with E-state index in [4.69, 9.17) is 10.6 Å². The molecule has 12 heteroatoms. The van der Waals surface area contributed by atoms with Crippen LogP contribution in [0.15, 0.2) is 40.0 Å². The molecule has 0 aliphatic heterocycles. The molecule has 0 aromatic heterocycles. The number of fused-ring (bicyclic) bond motifs is 3. The third kappa shape index (κ3) is 4.45. The minimum atomic E-state index is -2.68. The molecule has 1 amide bonds. The molecule has 0 radical (unpaired) electrons. The number of aliphatic hydroxyl groups is 3. The number of carbonyl (C=O) groups excluding carboxylic acids is 3. The molecule has 0 heterocycles. The highest BCUT2D eigenvalue weighted by Crippen LogP contribution is 2.52. The standard InChI is InChI=1S/C28H36N4O8/c1-6-40-30-17(9-10-31(2)3)14-7-8-18(33)20-15(14)11-13-12-16-22(32(4)5)24(35)21(27(29)38)26(37)28(16,39)25(36)19(13)23(20)34/h7-8,13,16,22,33,35-36,39H,6,9-12H2,1-5H3,(H2,29,38)/b30-17-/t13-,16-,22-,28-/m0/s1. The van der Waals surface area contributed by atoms with Crippen molar-refractivity contribution in [1.82, 2.24) is 9.80 Å². The van der Waals surface area contributed by atoms with E-state index >= 15 is 0 Å². The number of amides is 1. The van der Waals surface area contributed by atoms with Crippen LogP contribution in [-0.4, -0.2) is 106 Å². The van der Waals surface area contributed by atoms with E-state index in [2.05, 4.69) is 5.16 Å². The first-order valence-electron chi connectivity index (χ1n) is 13.1. The van der Waals surface area contributed by atoms with Crippen LogP contribution in [0.25, 0.3) is 0 Å². The molecule has 0 spiro atoms. The van der Waals surface area contributed by atoms with E-state index < -0.39 is 58.0 Å². The molecule has 4 rings (SSSR count). The molecular weight excluding hydrogens is 520 g/mol. The molecule has 0 fully saturated rings. The summed E-state index contributed by atoms with van der Waals surface area (Å²) >= 11 is 0. The summed E-state index contributed by atoms with van der Waals surface area (Å²) < 4.78 is 0. The predicted octanol–water partition coefficient (Wildman–Crippen LogP) is 0.813. The summed E-state index contributed by atoms with van der Waals surface area (Å²) in [5, 5.41) is 49.1. The highest BCUT2D eigenvalue weighted by atomic mass is 16.6. The van der Waals surface area contributed by atoms with Crippen LogP contribution in [0.5, 0.6) is 5.75 Å². The highest BCUT2D eigenvalue weighted by molar-refractivity contribution is 6.25. The first-order valence-corrected chi connectivity index (χ1v) is 13.1. The molecule has 6 N–H and O–H groups in total. The number of hydrogen-bond acceptors (Lipinski definition) is 11. The molecule has 40 heavy (non-hydrogen) atoms. The van der Waals surface area contributed by atoms with Gasteiger partial charge >= 0.3 is 0 Å². The van der Waals surface area contributed by atoms with Crippen molar-refractivity contribution in [3.05, 3.63) is 51.5 Å². The summed E-state index contributed by atoms with van der Waals surface area (Å²) in [5.74, 6) is -6.86. The molecule has 1 aromatic rings. The minimum Gasteiger partial charge on any atom is -0.510 e. The van der Waals surface area contributed by atoms with E-state index in [0.29, 0.717) is 36.4 Å². The second kappa shape index (κ2) is 10.7. The highest BCUT2D eigenvalue weighted by Gasteiger charge is 2.63. The van der Waals surface area contributed by atoms with Gasteiger partial charge in [0.05, 0.1) is 17.3 Å². The summed E-state index contributed by atoms with van der Waals surface area (Å²) in [7, 11) is 7.00. The number of Topliss-reactive ketones (excluding diaryl/α,β-unsaturated/α-hetero) is 2. The molecule has 0 bridgehead atoms. The number of phenols is 1. The molecule has 0 saturated carbocycles. The van der Waals surface area contributed by atoms with Crippen LogP contribution in [0.2, 0.25) is 0 Å². The monoisotopic (exact) mass is 556 g/mol. The molecule has 4 atom stereocenters. The summed E-state index contributed by atoms with van der Waals surface area (Å²) in [6.45, 7) is 2.77. The van der Waals surface area contributed by atoms with Crippen molar-refractivity contribution in [2.24, 2.45) is 22.7 Å². The SMILES string of the molecule is CCO/N=C(/CCN(C)C)c1ccc(O)c2c1C[C@H]1C[C@H]3[C@H](N(C)C)C(O)=C(C(N)=O)C(=O)[C@@]3(O)C(O)=C1C2=O. The number of carbonyl (C=O) groups is 3.